The van der Waals surface area contributed by atoms with Crippen LogP contribution in [0, 0.1) is 0 Å². The van der Waals surface area contributed by atoms with Gasteiger partial charge in [-0.05, 0) is 0 Å². The van der Waals surface area contributed by atoms with Gasteiger partial charge in [-0.25, -0.2) is 14.4 Å². The molecule has 7 heteroatoms. The van der Waals surface area contributed by atoms with Crippen LogP contribution in [0.3, 0.4) is 0 Å². The van der Waals surface area contributed by atoms with Crippen LogP contribution in [0.15, 0.2) is 24.8 Å². The lowest BCUT2D eigenvalue weighted by atomic mass is 10.5. The third-order valence-electron chi connectivity index (χ3n) is 1.43. The Hall–Kier alpha value is -2.15. The van der Waals surface area contributed by atoms with Crippen molar-refractivity contribution in [3.05, 3.63) is 24.8 Å². The first-order valence-corrected chi connectivity index (χ1v) is 5.01. The summed E-state index contributed by atoms with van der Waals surface area (Å²) in [7, 11) is 0. The Bertz CT molecular complexity index is 332. The highest BCUT2D eigenvalue weighted by Gasteiger charge is 2.01. The lowest BCUT2D eigenvalue weighted by Gasteiger charge is -2.02. The van der Waals surface area contributed by atoms with E-state index in [0.717, 1.165) is 18.2 Å². The van der Waals surface area contributed by atoms with Crippen LogP contribution in [0.25, 0.3) is 0 Å². The van der Waals surface area contributed by atoms with Crippen LogP contribution in [0.1, 0.15) is 0 Å². The summed E-state index contributed by atoms with van der Waals surface area (Å²) in [5, 5.41) is 8.36. The predicted octanol–water partition coefficient (Wildman–Crippen LogP) is -0.650. The summed E-state index contributed by atoms with van der Waals surface area (Å²) in [4.78, 5) is 32.5. The maximum absolute atomic E-state index is 11.0. The van der Waals surface area contributed by atoms with Crippen LogP contribution in [0.4, 0.5) is 0 Å². The van der Waals surface area contributed by atoms with Crippen molar-refractivity contribution in [1.29, 1.82) is 0 Å². The number of esters is 3. The standard InChI is InChI=1S/C11H14O7/c1-2-9(13)17-7-8-18-11(15)4-3-10(14)16-6-5-12/h2-4,12H,1,5-8H2/b4-3-. The van der Waals surface area contributed by atoms with Gasteiger partial charge in [-0.15, -0.1) is 0 Å². The Balaban J connectivity index is 3.70. The average molecular weight is 258 g/mol. The minimum atomic E-state index is -0.773. The fraction of sp³-hybridized carbons (Fsp3) is 0.364. The third-order valence-corrected chi connectivity index (χ3v) is 1.43. The lowest BCUT2D eigenvalue weighted by Crippen LogP contribution is -2.12. The molecular formula is C11H14O7. The molecule has 7 nitrogen and oxygen atoms in total. The Morgan fingerprint density at radius 3 is 1.78 bits per heavy atom. The minimum absolute atomic E-state index is 0.0978. The molecule has 0 amide bonds. The van der Waals surface area contributed by atoms with Crippen LogP contribution < -0.4 is 0 Å². The largest absolute Gasteiger partial charge is 0.460 e. The number of ether oxygens (including phenoxy) is 3. The molecular weight excluding hydrogens is 244 g/mol. The van der Waals surface area contributed by atoms with Crippen molar-refractivity contribution in [1.82, 2.24) is 0 Å². The highest BCUT2D eigenvalue weighted by atomic mass is 16.6. The lowest BCUT2D eigenvalue weighted by molar-refractivity contribution is -0.146. The zero-order chi connectivity index (χ0) is 13.8. The van der Waals surface area contributed by atoms with Gasteiger partial charge in [0, 0.05) is 18.2 Å². The van der Waals surface area contributed by atoms with Crippen molar-refractivity contribution in [2.45, 2.75) is 0 Å². The molecule has 0 aliphatic heterocycles. The van der Waals surface area contributed by atoms with Crippen LogP contribution in [0.2, 0.25) is 0 Å². The van der Waals surface area contributed by atoms with E-state index in [-0.39, 0.29) is 26.4 Å². The first-order chi connectivity index (χ1) is 8.60. The van der Waals surface area contributed by atoms with Gasteiger partial charge in [0.15, 0.2) is 0 Å². The molecule has 0 fully saturated rings. The number of carbonyl (C=O) groups excluding carboxylic acids is 3. The van der Waals surface area contributed by atoms with Crippen molar-refractivity contribution in [2.24, 2.45) is 0 Å². The summed E-state index contributed by atoms with van der Waals surface area (Å²) in [6.45, 7) is 2.52. The highest BCUT2D eigenvalue weighted by molar-refractivity contribution is 5.91. The van der Waals surface area contributed by atoms with E-state index in [2.05, 4.69) is 20.8 Å². The topological polar surface area (TPSA) is 99.1 Å². The molecule has 100 valence electrons. The van der Waals surface area contributed by atoms with Gasteiger partial charge >= 0.3 is 17.9 Å². The molecule has 18 heavy (non-hydrogen) atoms. The van der Waals surface area contributed by atoms with E-state index in [0.29, 0.717) is 0 Å². The monoisotopic (exact) mass is 258 g/mol. The van der Waals surface area contributed by atoms with Crippen LogP contribution in [-0.4, -0.2) is 49.4 Å². The van der Waals surface area contributed by atoms with E-state index in [1.54, 1.807) is 0 Å². The maximum Gasteiger partial charge on any atom is 0.331 e. The second kappa shape index (κ2) is 10.0. The van der Waals surface area contributed by atoms with Gasteiger partial charge in [0.25, 0.3) is 0 Å². The number of carbonyl (C=O) groups is 3. The molecule has 0 aliphatic rings. The van der Waals surface area contributed by atoms with E-state index >= 15 is 0 Å². The van der Waals surface area contributed by atoms with Gasteiger partial charge in [0.2, 0.25) is 0 Å². The molecule has 0 heterocycles. The molecule has 0 unspecified atom stereocenters. The smallest absolute Gasteiger partial charge is 0.331 e. The molecule has 0 aromatic rings. The van der Waals surface area contributed by atoms with Gasteiger partial charge in [-0.1, -0.05) is 6.58 Å². The molecule has 0 saturated heterocycles. The van der Waals surface area contributed by atoms with E-state index < -0.39 is 17.9 Å². The summed E-state index contributed by atoms with van der Waals surface area (Å²) >= 11 is 0. The molecule has 0 spiro atoms. The van der Waals surface area contributed by atoms with Crippen molar-refractivity contribution in [2.75, 3.05) is 26.4 Å². The Labute approximate surface area is 104 Å². The van der Waals surface area contributed by atoms with Crippen molar-refractivity contribution in [3.8, 4) is 0 Å². The molecule has 0 aromatic heterocycles. The van der Waals surface area contributed by atoms with Crippen molar-refractivity contribution in [3.63, 3.8) is 0 Å². The SMILES string of the molecule is C=CC(=O)OCCOC(=O)/C=C\C(=O)OCCO. The second-order valence-corrected chi connectivity index (χ2v) is 2.76. The zero-order valence-corrected chi connectivity index (χ0v) is 9.66. The van der Waals surface area contributed by atoms with Gasteiger partial charge in [-0.2, -0.15) is 0 Å². The molecule has 0 atom stereocenters. The molecule has 1 N–H and O–H groups in total. The number of aliphatic hydroxyl groups is 1. The number of rotatable bonds is 8. The average Bonchev–Trinajstić information content (AvgIpc) is 2.38. The van der Waals surface area contributed by atoms with Crippen LogP contribution in [0.5, 0.6) is 0 Å². The van der Waals surface area contributed by atoms with E-state index in [1.165, 1.54) is 0 Å². The predicted molar refractivity (Wildman–Crippen MR) is 59.3 cm³/mol. The molecule has 0 bridgehead atoms. The Morgan fingerprint density at radius 2 is 1.33 bits per heavy atom. The summed E-state index contributed by atoms with van der Waals surface area (Å²) in [6, 6.07) is 0. The second-order valence-electron chi connectivity index (χ2n) is 2.76. The van der Waals surface area contributed by atoms with Gasteiger partial charge in [0.1, 0.15) is 19.8 Å². The fourth-order valence-electron chi connectivity index (χ4n) is 0.722. The normalized spacial score (nSPS) is 9.83. The summed E-state index contributed by atoms with van der Waals surface area (Å²) in [5.74, 6) is -2.15. The van der Waals surface area contributed by atoms with E-state index in [1.807, 2.05) is 0 Å². The first kappa shape index (κ1) is 15.9. The maximum atomic E-state index is 11.0. The van der Waals surface area contributed by atoms with Crippen LogP contribution >= 0.6 is 0 Å². The molecule has 0 aliphatic carbocycles. The van der Waals surface area contributed by atoms with E-state index in [4.69, 9.17) is 5.11 Å². The molecule has 0 aromatic carbocycles. The Morgan fingerprint density at radius 1 is 0.889 bits per heavy atom. The molecule has 0 radical (unpaired) electrons. The number of hydrogen-bond acceptors (Lipinski definition) is 7. The summed E-state index contributed by atoms with van der Waals surface area (Å²) in [6.07, 6.45) is 2.72. The summed E-state index contributed by atoms with van der Waals surface area (Å²) < 4.78 is 13.6. The third kappa shape index (κ3) is 9.10. The van der Waals surface area contributed by atoms with Crippen molar-refractivity contribution >= 4 is 17.9 Å². The van der Waals surface area contributed by atoms with E-state index in [9.17, 15) is 14.4 Å². The first-order valence-electron chi connectivity index (χ1n) is 5.01. The van der Waals surface area contributed by atoms with Gasteiger partial charge < -0.3 is 19.3 Å². The number of aliphatic hydroxyl groups excluding tert-OH is 1. The summed E-state index contributed by atoms with van der Waals surface area (Å²) in [5.41, 5.74) is 0. The van der Waals surface area contributed by atoms with Gasteiger partial charge in [0.05, 0.1) is 6.61 Å². The fourth-order valence-corrected chi connectivity index (χ4v) is 0.722. The zero-order valence-electron chi connectivity index (χ0n) is 9.66. The van der Waals surface area contributed by atoms with Crippen LogP contribution in [-0.2, 0) is 28.6 Å². The number of hydrogen-bond donors (Lipinski definition) is 1. The van der Waals surface area contributed by atoms with Crippen molar-refractivity contribution < 1.29 is 33.7 Å². The molecule has 0 saturated carbocycles. The quantitative estimate of drug-likeness (QED) is 0.267. The molecule has 0 rings (SSSR count). The van der Waals surface area contributed by atoms with Gasteiger partial charge in [-0.3, -0.25) is 0 Å². The minimum Gasteiger partial charge on any atom is -0.460 e. The Kier molecular flexibility index (Phi) is 8.83. The highest BCUT2D eigenvalue weighted by Crippen LogP contribution is 1.87.